The number of carbonyl (C=O) groups excluding carboxylic acids is 2. The zero-order valence-corrected chi connectivity index (χ0v) is 26.8. The first kappa shape index (κ1) is 37.4. The van der Waals surface area contributed by atoms with Crippen molar-refractivity contribution in [3.8, 4) is 17.0 Å². The van der Waals surface area contributed by atoms with E-state index < -0.39 is 87.4 Å². The molecule has 1 unspecified atom stereocenters. The minimum atomic E-state index is -4.99. The van der Waals surface area contributed by atoms with E-state index in [4.69, 9.17) is 9.84 Å². The molecule has 2 aromatic carbocycles. The van der Waals surface area contributed by atoms with Crippen LogP contribution < -0.4 is 10.1 Å². The monoisotopic (exact) mass is 729 g/mol. The molecule has 5 rings (SSSR count). The molecule has 0 radical (unpaired) electrons. The summed E-state index contributed by atoms with van der Waals surface area (Å²) in [4.78, 5) is 34.4. The quantitative estimate of drug-likeness (QED) is 0.115. The lowest BCUT2D eigenvalue weighted by Gasteiger charge is -2.46. The Morgan fingerprint density at radius 1 is 1.00 bits per heavy atom. The third kappa shape index (κ3) is 7.61. The maximum atomic E-state index is 15.3. The number of alkyl halides is 6. The minimum Gasteiger partial charge on any atom is -0.509 e. The molecule has 2 amide bonds. The highest BCUT2D eigenvalue weighted by Gasteiger charge is 2.53. The second-order valence-corrected chi connectivity index (χ2v) is 12.1. The highest BCUT2D eigenvalue weighted by molar-refractivity contribution is 6.24. The van der Waals surface area contributed by atoms with Gasteiger partial charge in [-0.3, -0.25) is 14.6 Å². The fraction of sp³-hybridized carbons (Fsp3) is 0.394. The van der Waals surface area contributed by atoms with E-state index in [-0.39, 0.29) is 37.5 Å². The van der Waals surface area contributed by atoms with E-state index in [1.807, 2.05) is 0 Å². The number of aromatic nitrogens is 2. The van der Waals surface area contributed by atoms with Crippen LogP contribution in [-0.4, -0.2) is 67.3 Å². The largest absolute Gasteiger partial charge is 0.509 e. The number of amides is 2. The number of aliphatic hydroxyl groups excluding tert-OH is 2. The number of hydrazine groups is 1. The molecular weight excluding hydrogens is 698 g/mol. The minimum absolute atomic E-state index is 0.0232. The second-order valence-electron chi connectivity index (χ2n) is 12.1. The number of hydrogen-bond acceptors (Lipinski definition) is 8. The summed E-state index contributed by atoms with van der Waals surface area (Å²) in [5.41, 5.74) is -7.07. The molecule has 2 aliphatic rings. The Balaban J connectivity index is 1.47. The molecule has 0 saturated carbocycles. The van der Waals surface area contributed by atoms with Gasteiger partial charge in [0.1, 0.15) is 23.4 Å². The third-order valence-corrected chi connectivity index (χ3v) is 8.65. The van der Waals surface area contributed by atoms with Crippen LogP contribution in [0.4, 0.5) is 40.8 Å². The van der Waals surface area contributed by atoms with Crippen LogP contribution in [0.5, 0.6) is 5.75 Å². The smallest absolute Gasteiger partial charge is 0.433 e. The lowest BCUT2D eigenvalue weighted by atomic mass is 9.90. The van der Waals surface area contributed by atoms with Crippen molar-refractivity contribution in [2.45, 2.75) is 63.5 Å². The van der Waals surface area contributed by atoms with Gasteiger partial charge in [-0.25, -0.2) is 19.4 Å². The van der Waals surface area contributed by atoms with Crippen molar-refractivity contribution in [3.05, 3.63) is 82.5 Å². The molecule has 0 aliphatic carbocycles. The van der Waals surface area contributed by atoms with E-state index in [0.717, 1.165) is 11.1 Å². The van der Waals surface area contributed by atoms with Crippen molar-refractivity contribution in [3.63, 3.8) is 0 Å². The van der Waals surface area contributed by atoms with Gasteiger partial charge >= 0.3 is 12.4 Å². The SMILES string of the molecule is CC12CCCN1N(Cc1ccc(OCCCCCO)c(F)c1F)C(=O)C(C(=O)Nc1ccc(C(F)(F)F)cc1-c1cc(C(F)(F)F)ncn1)=C2O. The first-order chi connectivity index (χ1) is 24.0. The number of unbranched alkanes of at least 4 members (excludes halogenated alkanes) is 2. The van der Waals surface area contributed by atoms with Crippen LogP contribution in [-0.2, 0) is 28.5 Å². The van der Waals surface area contributed by atoms with Crippen LogP contribution in [0.1, 0.15) is 55.8 Å². The molecule has 2 aliphatic heterocycles. The maximum absolute atomic E-state index is 15.3. The van der Waals surface area contributed by atoms with Crippen molar-refractivity contribution in [2.24, 2.45) is 0 Å². The van der Waals surface area contributed by atoms with Gasteiger partial charge in [0.2, 0.25) is 5.82 Å². The number of hydrogen-bond donors (Lipinski definition) is 3. The normalized spacial score (nSPS) is 18.3. The molecule has 1 aromatic heterocycles. The number of nitrogens with zero attached hydrogens (tertiary/aromatic N) is 4. The topological polar surface area (TPSA) is 128 Å². The Kier molecular flexibility index (Phi) is 10.6. The Morgan fingerprint density at radius 2 is 1.75 bits per heavy atom. The summed E-state index contributed by atoms with van der Waals surface area (Å²) < 4.78 is 117. The molecule has 18 heteroatoms. The van der Waals surface area contributed by atoms with Crippen LogP contribution in [0, 0.1) is 11.6 Å². The highest BCUT2D eigenvalue weighted by Crippen LogP contribution is 2.43. The number of anilines is 1. The second kappa shape index (κ2) is 14.4. The van der Waals surface area contributed by atoms with Gasteiger partial charge in [-0.15, -0.1) is 0 Å². The Hall–Kier alpha value is -4.84. The molecular formula is C33H31F8N5O5. The number of nitrogens with one attached hydrogen (secondary N) is 1. The molecule has 3 heterocycles. The number of fused-ring (bicyclic) bond motifs is 1. The Labute approximate surface area is 285 Å². The Morgan fingerprint density at radius 3 is 2.43 bits per heavy atom. The first-order valence-corrected chi connectivity index (χ1v) is 15.6. The van der Waals surface area contributed by atoms with Crippen molar-refractivity contribution >= 4 is 17.5 Å². The summed E-state index contributed by atoms with van der Waals surface area (Å²) in [7, 11) is 0. The lowest BCUT2D eigenvalue weighted by molar-refractivity contribution is -0.160. The number of benzene rings is 2. The van der Waals surface area contributed by atoms with E-state index in [0.29, 0.717) is 50.2 Å². The van der Waals surface area contributed by atoms with E-state index in [1.165, 1.54) is 24.1 Å². The van der Waals surface area contributed by atoms with Crippen molar-refractivity contribution in [1.82, 2.24) is 20.0 Å². The molecule has 1 saturated heterocycles. The average molecular weight is 730 g/mol. The summed E-state index contributed by atoms with van der Waals surface area (Å²) in [5.74, 6) is -6.25. The summed E-state index contributed by atoms with van der Waals surface area (Å²) in [6.45, 7) is 1.08. The number of aliphatic hydroxyl groups is 2. The maximum Gasteiger partial charge on any atom is 0.433 e. The molecule has 51 heavy (non-hydrogen) atoms. The molecule has 3 aromatic rings. The number of ether oxygens (including phenoxy) is 1. The average Bonchev–Trinajstić information content (AvgIpc) is 3.47. The van der Waals surface area contributed by atoms with Gasteiger partial charge in [0.05, 0.1) is 35.6 Å². The standard InChI is InChI=1S/C33H31F8N5O5/c1-31-10-5-11-46(31)45(16-18-6-9-23(27(35)26(18)34)51-13-4-2-3-12-47)30(50)25(28(31)48)29(49)44-21-8-7-19(32(36,37)38)14-20(21)22-15-24(33(39,40)41)43-17-42-22/h6-9,14-15,17,47-48H,2-5,10-13,16H2,1H3,(H,44,49). The predicted octanol–water partition coefficient (Wildman–Crippen LogP) is 6.56. The van der Waals surface area contributed by atoms with E-state index in [2.05, 4.69) is 15.3 Å². The number of carbonyl (C=O) groups is 2. The molecule has 10 nitrogen and oxygen atoms in total. The van der Waals surface area contributed by atoms with Gasteiger partial charge in [0.25, 0.3) is 11.8 Å². The van der Waals surface area contributed by atoms with Crippen LogP contribution in [0.25, 0.3) is 11.3 Å². The highest BCUT2D eigenvalue weighted by atomic mass is 19.4. The van der Waals surface area contributed by atoms with Gasteiger partial charge in [-0.2, -0.15) is 30.7 Å². The van der Waals surface area contributed by atoms with Gasteiger partial charge in [-0.05, 0) is 69.4 Å². The molecule has 3 N–H and O–H groups in total. The molecule has 274 valence electrons. The van der Waals surface area contributed by atoms with Gasteiger partial charge in [-0.1, -0.05) is 6.07 Å². The fourth-order valence-corrected chi connectivity index (χ4v) is 5.97. The van der Waals surface area contributed by atoms with Crippen LogP contribution in [0.15, 0.2) is 54.1 Å². The van der Waals surface area contributed by atoms with Crippen LogP contribution >= 0.6 is 0 Å². The fourth-order valence-electron chi connectivity index (χ4n) is 5.97. The van der Waals surface area contributed by atoms with Crippen molar-refractivity contribution in [2.75, 3.05) is 25.1 Å². The molecule has 0 spiro atoms. The van der Waals surface area contributed by atoms with E-state index in [9.17, 15) is 45.4 Å². The van der Waals surface area contributed by atoms with Crippen molar-refractivity contribution < 1.29 is 59.7 Å². The van der Waals surface area contributed by atoms with Gasteiger partial charge < -0.3 is 20.3 Å². The summed E-state index contributed by atoms with van der Waals surface area (Å²) >= 11 is 0. The zero-order chi connectivity index (χ0) is 37.3. The van der Waals surface area contributed by atoms with Gasteiger partial charge in [0.15, 0.2) is 11.6 Å². The summed E-state index contributed by atoms with van der Waals surface area (Å²) in [6.07, 6.45) is -7.27. The van der Waals surface area contributed by atoms with Crippen LogP contribution in [0.3, 0.4) is 0 Å². The number of rotatable bonds is 11. The number of halogens is 8. The van der Waals surface area contributed by atoms with E-state index in [1.54, 1.807) is 0 Å². The first-order valence-electron chi connectivity index (χ1n) is 15.6. The van der Waals surface area contributed by atoms with Crippen molar-refractivity contribution in [1.29, 1.82) is 0 Å². The van der Waals surface area contributed by atoms with Crippen LogP contribution in [0.2, 0.25) is 0 Å². The molecule has 1 atom stereocenters. The molecule has 0 bridgehead atoms. The van der Waals surface area contributed by atoms with Gasteiger partial charge in [0, 0.05) is 24.3 Å². The summed E-state index contributed by atoms with van der Waals surface area (Å²) in [5, 5.41) is 24.7. The summed E-state index contributed by atoms with van der Waals surface area (Å²) in [6, 6.07) is 4.50. The van der Waals surface area contributed by atoms with E-state index >= 15 is 4.39 Å². The predicted molar refractivity (Wildman–Crippen MR) is 163 cm³/mol. The Bertz CT molecular complexity index is 1850. The lowest BCUT2D eigenvalue weighted by Crippen LogP contribution is -2.60. The zero-order valence-electron chi connectivity index (χ0n) is 26.8. The third-order valence-electron chi connectivity index (χ3n) is 8.65. The molecule has 1 fully saturated rings.